The zero-order valence-corrected chi connectivity index (χ0v) is 16.2. The van der Waals surface area contributed by atoms with Gasteiger partial charge in [-0.1, -0.05) is 48.6 Å². The van der Waals surface area contributed by atoms with Crippen molar-refractivity contribution < 1.29 is 9.47 Å². The van der Waals surface area contributed by atoms with Crippen LogP contribution >= 0.6 is 11.3 Å². The van der Waals surface area contributed by atoms with Crippen LogP contribution in [0.15, 0.2) is 48.5 Å². The molecule has 4 rings (SSSR count). The van der Waals surface area contributed by atoms with Crippen LogP contribution in [-0.4, -0.2) is 34.0 Å². The summed E-state index contributed by atoms with van der Waals surface area (Å²) in [6, 6.07) is 16.1. The molecular formula is C20H20N4O2S. The minimum Gasteiger partial charge on any atom is -0.493 e. The van der Waals surface area contributed by atoms with E-state index in [2.05, 4.69) is 41.4 Å². The van der Waals surface area contributed by atoms with Gasteiger partial charge in [0.1, 0.15) is 5.01 Å². The number of rotatable bonds is 6. The lowest BCUT2D eigenvalue weighted by Crippen LogP contribution is -2.01. The van der Waals surface area contributed by atoms with Gasteiger partial charge in [-0.3, -0.25) is 0 Å². The summed E-state index contributed by atoms with van der Waals surface area (Å²) in [5, 5.41) is 14.5. The Morgan fingerprint density at radius 1 is 1.00 bits per heavy atom. The molecule has 0 aliphatic rings. The number of ether oxygens (including phenoxy) is 2. The summed E-state index contributed by atoms with van der Waals surface area (Å²) >= 11 is 1.58. The zero-order chi connectivity index (χ0) is 18.8. The Balaban J connectivity index is 1.77. The first kappa shape index (κ1) is 17.5. The van der Waals surface area contributed by atoms with E-state index in [0.717, 1.165) is 22.0 Å². The van der Waals surface area contributed by atoms with Gasteiger partial charge < -0.3 is 9.47 Å². The molecule has 0 aliphatic heterocycles. The van der Waals surface area contributed by atoms with Crippen LogP contribution < -0.4 is 9.47 Å². The van der Waals surface area contributed by atoms with Crippen LogP contribution in [0, 0.1) is 0 Å². The third kappa shape index (κ3) is 3.14. The van der Waals surface area contributed by atoms with Crippen LogP contribution in [0.25, 0.3) is 16.3 Å². The molecule has 0 saturated heterocycles. The van der Waals surface area contributed by atoms with Gasteiger partial charge in [0.25, 0.3) is 0 Å². The summed E-state index contributed by atoms with van der Waals surface area (Å²) in [5.41, 5.74) is 2.14. The number of fused-ring (bicyclic) bond motifs is 1. The minimum atomic E-state index is 0.246. The SMILES string of the molecule is CC[C@H](c1ccccc1)c1nn2c(-c3ccc(OC)c(OC)c3)nnc2s1. The minimum absolute atomic E-state index is 0.246. The van der Waals surface area contributed by atoms with E-state index in [1.807, 2.05) is 28.8 Å². The molecule has 0 amide bonds. The van der Waals surface area contributed by atoms with Crippen molar-refractivity contribution in [1.29, 1.82) is 0 Å². The van der Waals surface area contributed by atoms with Crippen molar-refractivity contribution in [2.24, 2.45) is 0 Å². The predicted octanol–water partition coefficient (Wildman–Crippen LogP) is 4.41. The lowest BCUT2D eigenvalue weighted by Gasteiger charge is -2.11. The zero-order valence-electron chi connectivity index (χ0n) is 15.4. The first-order valence-electron chi connectivity index (χ1n) is 8.74. The highest BCUT2D eigenvalue weighted by Crippen LogP contribution is 2.34. The summed E-state index contributed by atoms with van der Waals surface area (Å²) in [7, 11) is 3.24. The maximum absolute atomic E-state index is 5.41. The standard InChI is InChI=1S/C20H20N4O2S/c1-4-15(13-8-6-5-7-9-13)19-23-24-18(21-22-20(24)27-19)14-10-11-16(25-2)17(12-14)26-3/h5-12,15H,4H2,1-3H3/t15-/m1/s1. The van der Waals surface area contributed by atoms with Gasteiger partial charge in [-0.15, -0.1) is 10.2 Å². The van der Waals surface area contributed by atoms with Crippen LogP contribution in [0.1, 0.15) is 29.8 Å². The maximum Gasteiger partial charge on any atom is 0.234 e. The van der Waals surface area contributed by atoms with Crippen LogP contribution in [-0.2, 0) is 0 Å². The predicted molar refractivity (Wildman–Crippen MR) is 106 cm³/mol. The van der Waals surface area contributed by atoms with Gasteiger partial charge in [-0.25, -0.2) is 0 Å². The molecule has 0 fully saturated rings. The van der Waals surface area contributed by atoms with Gasteiger partial charge in [0.05, 0.1) is 14.2 Å². The highest BCUT2D eigenvalue weighted by molar-refractivity contribution is 7.16. The molecule has 2 aromatic heterocycles. The van der Waals surface area contributed by atoms with Crippen molar-refractivity contribution in [1.82, 2.24) is 19.8 Å². The molecule has 1 atom stereocenters. The Bertz CT molecular complexity index is 1060. The second kappa shape index (κ2) is 7.36. The fraction of sp³-hybridized carbons (Fsp3) is 0.250. The average molecular weight is 380 g/mol. The molecule has 0 bridgehead atoms. The smallest absolute Gasteiger partial charge is 0.234 e. The Kier molecular flexibility index (Phi) is 4.77. The number of methoxy groups -OCH3 is 2. The van der Waals surface area contributed by atoms with E-state index in [4.69, 9.17) is 14.6 Å². The van der Waals surface area contributed by atoms with Gasteiger partial charge in [-0.05, 0) is 30.2 Å². The molecule has 0 radical (unpaired) electrons. The lowest BCUT2D eigenvalue weighted by atomic mass is 9.97. The topological polar surface area (TPSA) is 61.5 Å². The van der Waals surface area contributed by atoms with Crippen molar-refractivity contribution >= 4 is 16.3 Å². The van der Waals surface area contributed by atoms with Crippen molar-refractivity contribution in [3.63, 3.8) is 0 Å². The number of nitrogens with zero attached hydrogens (tertiary/aromatic N) is 4. The largest absolute Gasteiger partial charge is 0.493 e. The Morgan fingerprint density at radius 2 is 1.78 bits per heavy atom. The molecule has 2 heterocycles. The number of hydrogen-bond donors (Lipinski definition) is 0. The van der Waals surface area contributed by atoms with E-state index in [-0.39, 0.29) is 5.92 Å². The molecule has 0 unspecified atom stereocenters. The fourth-order valence-corrected chi connectivity index (χ4v) is 4.22. The van der Waals surface area contributed by atoms with Crippen molar-refractivity contribution in [2.45, 2.75) is 19.3 Å². The summed E-state index contributed by atoms with van der Waals surface area (Å²) in [6.07, 6.45) is 0.972. The maximum atomic E-state index is 5.41. The Morgan fingerprint density at radius 3 is 2.48 bits per heavy atom. The van der Waals surface area contributed by atoms with E-state index < -0.39 is 0 Å². The first-order chi connectivity index (χ1) is 13.2. The van der Waals surface area contributed by atoms with Crippen LogP contribution in [0.2, 0.25) is 0 Å². The Labute approximate surface area is 161 Å². The third-order valence-corrected chi connectivity index (χ3v) is 5.57. The number of benzene rings is 2. The van der Waals surface area contributed by atoms with Crippen LogP contribution in [0.3, 0.4) is 0 Å². The summed E-state index contributed by atoms with van der Waals surface area (Å²) in [6.45, 7) is 2.18. The normalized spacial score (nSPS) is 12.3. The van der Waals surface area contributed by atoms with E-state index in [9.17, 15) is 0 Å². The van der Waals surface area contributed by atoms with E-state index >= 15 is 0 Å². The second-order valence-electron chi connectivity index (χ2n) is 6.10. The molecule has 0 saturated carbocycles. The quantitative estimate of drug-likeness (QED) is 0.496. The molecule has 27 heavy (non-hydrogen) atoms. The third-order valence-electron chi connectivity index (χ3n) is 4.56. The molecule has 0 spiro atoms. The molecule has 2 aromatic carbocycles. The summed E-state index contributed by atoms with van der Waals surface area (Å²) in [5.74, 6) is 2.27. The molecule has 7 heteroatoms. The molecule has 0 aliphatic carbocycles. The highest BCUT2D eigenvalue weighted by Gasteiger charge is 2.20. The molecule has 6 nitrogen and oxygen atoms in total. The van der Waals surface area contributed by atoms with Crippen molar-refractivity contribution in [2.75, 3.05) is 14.2 Å². The summed E-state index contributed by atoms with van der Waals surface area (Å²) in [4.78, 5) is 0.782. The van der Waals surface area contributed by atoms with Gasteiger partial charge in [0.2, 0.25) is 4.96 Å². The van der Waals surface area contributed by atoms with Gasteiger partial charge in [0.15, 0.2) is 17.3 Å². The monoisotopic (exact) mass is 380 g/mol. The van der Waals surface area contributed by atoms with Gasteiger partial charge in [-0.2, -0.15) is 9.61 Å². The number of aromatic nitrogens is 4. The first-order valence-corrected chi connectivity index (χ1v) is 9.56. The Hall–Kier alpha value is -2.93. The van der Waals surface area contributed by atoms with Gasteiger partial charge >= 0.3 is 0 Å². The van der Waals surface area contributed by atoms with E-state index in [1.54, 1.807) is 25.6 Å². The van der Waals surface area contributed by atoms with Crippen LogP contribution in [0.4, 0.5) is 0 Å². The summed E-state index contributed by atoms with van der Waals surface area (Å²) < 4.78 is 12.5. The fourth-order valence-electron chi connectivity index (χ4n) is 3.17. The van der Waals surface area contributed by atoms with E-state index in [0.29, 0.717) is 17.3 Å². The molecule has 0 N–H and O–H groups in total. The second-order valence-corrected chi connectivity index (χ2v) is 7.09. The lowest BCUT2D eigenvalue weighted by molar-refractivity contribution is 0.355. The van der Waals surface area contributed by atoms with E-state index in [1.165, 1.54) is 5.56 Å². The molecule has 4 aromatic rings. The number of hydrogen-bond acceptors (Lipinski definition) is 6. The van der Waals surface area contributed by atoms with Crippen molar-refractivity contribution in [3.8, 4) is 22.9 Å². The highest BCUT2D eigenvalue weighted by atomic mass is 32.1. The average Bonchev–Trinajstić information content (AvgIpc) is 3.29. The molecular weight excluding hydrogens is 360 g/mol. The van der Waals surface area contributed by atoms with Crippen LogP contribution in [0.5, 0.6) is 11.5 Å². The molecule has 138 valence electrons. The van der Waals surface area contributed by atoms with Gasteiger partial charge in [0, 0.05) is 11.5 Å². The van der Waals surface area contributed by atoms with Crippen molar-refractivity contribution in [3.05, 3.63) is 59.1 Å².